The van der Waals surface area contributed by atoms with Crippen LogP contribution in [0.1, 0.15) is 45.7 Å². The Balaban J connectivity index is 1.46. The number of cyclic esters (lactones) is 1. The van der Waals surface area contributed by atoms with E-state index in [0.29, 0.717) is 43.8 Å². The molecule has 1 aromatic heterocycles. The summed E-state index contributed by atoms with van der Waals surface area (Å²) in [5, 5.41) is 2.79. The van der Waals surface area contributed by atoms with E-state index >= 15 is 0 Å². The van der Waals surface area contributed by atoms with Crippen LogP contribution in [0.25, 0.3) is 0 Å². The smallest absolute Gasteiger partial charge is 0.312 e. The lowest BCUT2D eigenvalue weighted by atomic mass is 9.77. The molecule has 28 heavy (non-hydrogen) atoms. The van der Waals surface area contributed by atoms with Crippen molar-refractivity contribution in [3.63, 3.8) is 0 Å². The van der Waals surface area contributed by atoms with Gasteiger partial charge in [-0.1, -0.05) is 6.07 Å². The number of likely N-dealkylation sites (tertiary alicyclic amines) is 1. The summed E-state index contributed by atoms with van der Waals surface area (Å²) in [6, 6.07) is 8.48. The van der Waals surface area contributed by atoms with Gasteiger partial charge in [0.2, 0.25) is 0 Å². The third kappa shape index (κ3) is 3.28. The van der Waals surface area contributed by atoms with E-state index in [2.05, 4.69) is 5.32 Å². The molecule has 7 heteroatoms. The van der Waals surface area contributed by atoms with Crippen LogP contribution in [-0.4, -0.2) is 42.4 Å². The predicted octanol–water partition coefficient (Wildman–Crippen LogP) is 3.01. The van der Waals surface area contributed by atoms with Gasteiger partial charge in [0.1, 0.15) is 0 Å². The molecule has 146 valence electrons. The van der Waals surface area contributed by atoms with E-state index in [0.717, 1.165) is 12.0 Å². The lowest BCUT2D eigenvalue weighted by molar-refractivity contribution is -0.148. The molecule has 2 fully saturated rings. The lowest BCUT2D eigenvalue weighted by Crippen LogP contribution is -2.45. The number of ether oxygens (including phenoxy) is 1. The Kier molecular flexibility index (Phi) is 4.66. The molecule has 1 aromatic carbocycles. The second-order valence-corrected chi connectivity index (χ2v) is 7.42. The van der Waals surface area contributed by atoms with Gasteiger partial charge in [0.05, 0.1) is 18.3 Å². The van der Waals surface area contributed by atoms with Gasteiger partial charge < -0.3 is 19.4 Å². The van der Waals surface area contributed by atoms with E-state index < -0.39 is 5.41 Å². The third-order valence-corrected chi connectivity index (χ3v) is 5.73. The molecule has 2 saturated heterocycles. The normalized spacial score (nSPS) is 18.2. The van der Waals surface area contributed by atoms with Gasteiger partial charge in [-0.25, -0.2) is 0 Å². The van der Waals surface area contributed by atoms with Crippen LogP contribution in [0.3, 0.4) is 0 Å². The molecule has 2 aliphatic rings. The highest BCUT2D eigenvalue weighted by Gasteiger charge is 2.47. The fourth-order valence-corrected chi connectivity index (χ4v) is 3.85. The minimum atomic E-state index is -0.410. The molecule has 7 nitrogen and oxygen atoms in total. The van der Waals surface area contributed by atoms with Crippen LogP contribution in [0.15, 0.2) is 41.0 Å². The quantitative estimate of drug-likeness (QED) is 0.825. The van der Waals surface area contributed by atoms with Crippen LogP contribution < -0.4 is 5.32 Å². The van der Waals surface area contributed by atoms with Crippen molar-refractivity contribution in [3.8, 4) is 0 Å². The number of rotatable bonds is 3. The van der Waals surface area contributed by atoms with Crippen LogP contribution in [-0.2, 0) is 9.53 Å². The Morgan fingerprint density at radius 1 is 1.14 bits per heavy atom. The molecule has 4 rings (SSSR count). The first kappa shape index (κ1) is 18.3. The van der Waals surface area contributed by atoms with Crippen molar-refractivity contribution in [2.45, 2.75) is 26.2 Å². The molecule has 3 heterocycles. The predicted molar refractivity (Wildman–Crippen MR) is 101 cm³/mol. The molecule has 0 radical (unpaired) electrons. The second-order valence-electron chi connectivity index (χ2n) is 7.42. The van der Waals surface area contributed by atoms with Crippen LogP contribution >= 0.6 is 0 Å². The Bertz CT molecular complexity index is 911. The van der Waals surface area contributed by atoms with Gasteiger partial charge in [-0.05, 0) is 56.0 Å². The van der Waals surface area contributed by atoms with Crippen molar-refractivity contribution in [1.82, 2.24) is 4.90 Å². The van der Waals surface area contributed by atoms with Crippen LogP contribution in [0.5, 0.6) is 0 Å². The van der Waals surface area contributed by atoms with Crippen molar-refractivity contribution < 1.29 is 23.5 Å². The molecule has 0 unspecified atom stereocenters. The molecule has 2 amide bonds. The number of piperidine rings is 1. The minimum Gasteiger partial charge on any atom is -0.465 e. The van der Waals surface area contributed by atoms with Gasteiger partial charge in [-0.15, -0.1) is 0 Å². The van der Waals surface area contributed by atoms with Gasteiger partial charge in [0.25, 0.3) is 11.8 Å². The number of aryl methyl sites for hydroxylation is 1. The minimum absolute atomic E-state index is 0.102. The summed E-state index contributed by atoms with van der Waals surface area (Å²) in [6.07, 6.45) is 3.43. The largest absolute Gasteiger partial charge is 0.465 e. The van der Waals surface area contributed by atoms with Crippen molar-refractivity contribution in [2.75, 3.05) is 25.0 Å². The fraction of sp³-hybridized carbons (Fsp3) is 0.381. The standard InChI is InChI=1S/C21H22N2O5/c1-14-4-5-15(13-16(14)22-18(24)17-3-2-11-27-17)19(25)23-9-6-21(7-10-23)8-12-28-20(21)26/h2-5,11,13H,6-10,12H2,1H3,(H,22,24). The van der Waals surface area contributed by atoms with Crippen molar-refractivity contribution in [1.29, 1.82) is 0 Å². The van der Waals surface area contributed by atoms with E-state index in [1.54, 1.807) is 29.2 Å². The maximum atomic E-state index is 12.9. The average molecular weight is 382 g/mol. The van der Waals surface area contributed by atoms with Crippen molar-refractivity contribution >= 4 is 23.5 Å². The molecule has 0 saturated carbocycles. The van der Waals surface area contributed by atoms with E-state index in [1.807, 2.05) is 13.0 Å². The molecule has 0 atom stereocenters. The topological polar surface area (TPSA) is 88.9 Å². The highest BCUT2D eigenvalue weighted by Crippen LogP contribution is 2.40. The summed E-state index contributed by atoms with van der Waals surface area (Å²) in [5.41, 5.74) is 1.51. The monoisotopic (exact) mass is 382 g/mol. The maximum Gasteiger partial charge on any atom is 0.312 e. The average Bonchev–Trinajstić information content (AvgIpc) is 3.35. The third-order valence-electron chi connectivity index (χ3n) is 5.73. The summed E-state index contributed by atoms with van der Waals surface area (Å²) in [7, 11) is 0. The fourth-order valence-electron chi connectivity index (χ4n) is 3.85. The van der Waals surface area contributed by atoms with Gasteiger partial charge in [-0.3, -0.25) is 14.4 Å². The summed E-state index contributed by atoms with van der Waals surface area (Å²) >= 11 is 0. The van der Waals surface area contributed by atoms with E-state index in [9.17, 15) is 14.4 Å². The summed E-state index contributed by atoms with van der Waals surface area (Å²) < 4.78 is 10.2. The Morgan fingerprint density at radius 3 is 2.57 bits per heavy atom. The van der Waals surface area contributed by atoms with Gasteiger partial charge in [-0.2, -0.15) is 0 Å². The first-order chi connectivity index (χ1) is 13.5. The van der Waals surface area contributed by atoms with Crippen LogP contribution in [0.4, 0.5) is 5.69 Å². The second kappa shape index (κ2) is 7.14. The molecule has 0 bridgehead atoms. The summed E-state index contributed by atoms with van der Waals surface area (Å²) in [6.45, 7) is 3.39. The lowest BCUT2D eigenvalue weighted by Gasteiger charge is -2.36. The first-order valence-electron chi connectivity index (χ1n) is 9.41. The number of esters is 1. The van der Waals surface area contributed by atoms with Crippen LogP contribution in [0, 0.1) is 12.3 Å². The van der Waals surface area contributed by atoms with Gasteiger partial charge >= 0.3 is 5.97 Å². The molecule has 2 aromatic rings. The van der Waals surface area contributed by atoms with Gasteiger partial charge in [0, 0.05) is 24.3 Å². The number of nitrogens with one attached hydrogen (secondary N) is 1. The Hall–Kier alpha value is -3.09. The van der Waals surface area contributed by atoms with E-state index in [4.69, 9.17) is 9.15 Å². The van der Waals surface area contributed by atoms with Crippen molar-refractivity contribution in [3.05, 3.63) is 53.5 Å². The summed E-state index contributed by atoms with van der Waals surface area (Å²) in [5.74, 6) is -0.383. The number of carbonyl (C=O) groups excluding carboxylic acids is 3. The first-order valence-corrected chi connectivity index (χ1v) is 9.41. The zero-order valence-corrected chi connectivity index (χ0v) is 15.7. The number of carbonyl (C=O) groups is 3. The van der Waals surface area contributed by atoms with E-state index in [1.165, 1.54) is 6.26 Å². The number of hydrogen-bond acceptors (Lipinski definition) is 5. The number of amides is 2. The number of anilines is 1. The summed E-state index contributed by atoms with van der Waals surface area (Å²) in [4.78, 5) is 39.0. The molecule has 2 aliphatic heterocycles. The van der Waals surface area contributed by atoms with Crippen LogP contribution in [0.2, 0.25) is 0 Å². The Morgan fingerprint density at radius 2 is 1.93 bits per heavy atom. The van der Waals surface area contributed by atoms with Crippen molar-refractivity contribution in [2.24, 2.45) is 5.41 Å². The Labute approximate surface area is 162 Å². The van der Waals surface area contributed by atoms with E-state index in [-0.39, 0.29) is 23.5 Å². The number of benzene rings is 1. The zero-order chi connectivity index (χ0) is 19.7. The maximum absolute atomic E-state index is 12.9. The number of hydrogen-bond donors (Lipinski definition) is 1. The molecule has 1 spiro atoms. The number of furan rings is 1. The SMILES string of the molecule is Cc1ccc(C(=O)N2CCC3(CCOC3=O)CC2)cc1NC(=O)c1ccco1. The molecular weight excluding hydrogens is 360 g/mol. The number of nitrogens with zero attached hydrogens (tertiary/aromatic N) is 1. The molecule has 0 aliphatic carbocycles. The highest BCUT2D eigenvalue weighted by atomic mass is 16.5. The zero-order valence-electron chi connectivity index (χ0n) is 15.7. The van der Waals surface area contributed by atoms with Gasteiger partial charge in [0.15, 0.2) is 5.76 Å². The highest BCUT2D eigenvalue weighted by molar-refractivity contribution is 6.04. The molecular formula is C21H22N2O5. The molecule has 1 N–H and O–H groups in total.